The first-order chi connectivity index (χ1) is 7.75. The van der Waals surface area contributed by atoms with Crippen LogP contribution in [-0.2, 0) is 6.54 Å². The maximum absolute atomic E-state index is 6.16. The molecule has 0 aliphatic heterocycles. The van der Waals surface area contributed by atoms with Crippen molar-refractivity contribution in [2.45, 2.75) is 39.2 Å². The first kappa shape index (κ1) is 11.9. The van der Waals surface area contributed by atoms with E-state index in [9.17, 15) is 0 Å². The summed E-state index contributed by atoms with van der Waals surface area (Å²) in [4.78, 5) is 0. The Labute approximate surface area is 103 Å². The van der Waals surface area contributed by atoms with Crippen molar-refractivity contribution in [3.05, 3.63) is 34.3 Å². The van der Waals surface area contributed by atoms with Crippen LogP contribution in [0.3, 0.4) is 0 Å². The summed E-state index contributed by atoms with van der Waals surface area (Å²) in [5, 5.41) is 4.34. The van der Waals surface area contributed by atoms with Crippen LogP contribution in [0.25, 0.3) is 0 Å². The summed E-state index contributed by atoms with van der Waals surface area (Å²) in [6.07, 6.45) is 5.62. The third kappa shape index (κ3) is 3.80. The highest BCUT2D eigenvalue weighted by Crippen LogP contribution is 2.33. The number of halogens is 1. The molecule has 0 amide bonds. The summed E-state index contributed by atoms with van der Waals surface area (Å²) >= 11 is 6.16. The van der Waals surface area contributed by atoms with E-state index in [1.807, 2.05) is 6.07 Å². The zero-order chi connectivity index (χ0) is 11.4. The Morgan fingerprint density at radius 2 is 2.19 bits per heavy atom. The van der Waals surface area contributed by atoms with Gasteiger partial charge in [-0.25, -0.2) is 0 Å². The van der Waals surface area contributed by atoms with Gasteiger partial charge in [-0.15, -0.1) is 0 Å². The normalized spacial score (nSPS) is 15.4. The lowest BCUT2D eigenvalue weighted by Gasteiger charge is -2.07. The SMILES string of the molecule is Cc1ccc(CNCCCC2CC2)c(Cl)c1. The lowest BCUT2D eigenvalue weighted by Crippen LogP contribution is -2.15. The molecule has 1 saturated carbocycles. The summed E-state index contributed by atoms with van der Waals surface area (Å²) in [6, 6.07) is 6.27. The van der Waals surface area contributed by atoms with Gasteiger partial charge < -0.3 is 5.32 Å². The van der Waals surface area contributed by atoms with Crippen LogP contribution >= 0.6 is 11.6 Å². The highest BCUT2D eigenvalue weighted by atomic mass is 35.5. The monoisotopic (exact) mass is 237 g/mol. The molecular formula is C14H20ClN. The molecule has 0 heterocycles. The molecule has 1 nitrogen and oxygen atoms in total. The van der Waals surface area contributed by atoms with Gasteiger partial charge in [0.25, 0.3) is 0 Å². The Morgan fingerprint density at radius 1 is 1.38 bits per heavy atom. The van der Waals surface area contributed by atoms with Gasteiger partial charge in [-0.3, -0.25) is 0 Å². The first-order valence-electron chi connectivity index (χ1n) is 6.21. The van der Waals surface area contributed by atoms with Crippen LogP contribution in [0.15, 0.2) is 18.2 Å². The van der Waals surface area contributed by atoms with Crippen molar-refractivity contribution >= 4 is 11.6 Å². The summed E-state index contributed by atoms with van der Waals surface area (Å²) < 4.78 is 0. The molecular weight excluding hydrogens is 218 g/mol. The maximum atomic E-state index is 6.16. The van der Waals surface area contributed by atoms with E-state index in [0.29, 0.717) is 0 Å². The molecule has 0 saturated heterocycles. The van der Waals surface area contributed by atoms with Crippen LogP contribution in [-0.4, -0.2) is 6.54 Å². The first-order valence-corrected chi connectivity index (χ1v) is 6.59. The van der Waals surface area contributed by atoms with Gasteiger partial charge in [-0.2, -0.15) is 0 Å². The minimum Gasteiger partial charge on any atom is -0.313 e. The van der Waals surface area contributed by atoms with E-state index < -0.39 is 0 Å². The van der Waals surface area contributed by atoms with E-state index in [-0.39, 0.29) is 0 Å². The molecule has 16 heavy (non-hydrogen) atoms. The molecule has 0 spiro atoms. The number of benzene rings is 1. The summed E-state index contributed by atoms with van der Waals surface area (Å²) in [5.74, 6) is 1.05. The van der Waals surface area contributed by atoms with E-state index in [2.05, 4.69) is 24.4 Å². The second kappa shape index (κ2) is 5.70. The fourth-order valence-corrected chi connectivity index (χ4v) is 2.24. The second-order valence-corrected chi connectivity index (χ2v) is 5.26. The Bertz CT molecular complexity index is 345. The van der Waals surface area contributed by atoms with Gasteiger partial charge in [0.2, 0.25) is 0 Å². The van der Waals surface area contributed by atoms with E-state index in [0.717, 1.165) is 24.0 Å². The van der Waals surface area contributed by atoms with Crippen LogP contribution in [0.1, 0.15) is 36.8 Å². The molecule has 0 atom stereocenters. The van der Waals surface area contributed by atoms with Crippen molar-refractivity contribution in [2.24, 2.45) is 5.92 Å². The molecule has 1 aliphatic rings. The fraction of sp³-hybridized carbons (Fsp3) is 0.571. The molecule has 1 aromatic carbocycles. The average Bonchev–Trinajstić information content (AvgIpc) is 3.04. The van der Waals surface area contributed by atoms with E-state index in [4.69, 9.17) is 11.6 Å². The van der Waals surface area contributed by atoms with Crippen LogP contribution in [0.5, 0.6) is 0 Å². The van der Waals surface area contributed by atoms with Crippen molar-refractivity contribution in [3.63, 3.8) is 0 Å². The van der Waals surface area contributed by atoms with Crippen molar-refractivity contribution < 1.29 is 0 Å². The smallest absolute Gasteiger partial charge is 0.0453 e. The zero-order valence-electron chi connectivity index (χ0n) is 9.93. The molecule has 1 aromatic rings. The van der Waals surface area contributed by atoms with E-state index in [1.54, 1.807) is 0 Å². The van der Waals surface area contributed by atoms with Crippen LogP contribution in [0, 0.1) is 12.8 Å². The van der Waals surface area contributed by atoms with Gasteiger partial charge in [0.1, 0.15) is 0 Å². The standard InChI is InChI=1S/C14H20ClN/c1-11-4-7-13(14(15)9-11)10-16-8-2-3-12-5-6-12/h4,7,9,12,16H,2-3,5-6,8,10H2,1H3. The molecule has 1 N–H and O–H groups in total. The number of hydrogen-bond acceptors (Lipinski definition) is 1. The molecule has 0 bridgehead atoms. The Balaban J connectivity index is 1.67. The fourth-order valence-electron chi connectivity index (χ4n) is 1.94. The van der Waals surface area contributed by atoms with Gasteiger partial charge in [0, 0.05) is 11.6 Å². The molecule has 88 valence electrons. The molecule has 0 radical (unpaired) electrons. The van der Waals surface area contributed by atoms with Crippen molar-refractivity contribution in [1.82, 2.24) is 5.32 Å². The van der Waals surface area contributed by atoms with E-state index in [1.165, 1.54) is 36.8 Å². The summed E-state index contributed by atoms with van der Waals surface area (Å²) in [7, 11) is 0. The Hall–Kier alpha value is -0.530. The van der Waals surface area contributed by atoms with Gasteiger partial charge in [-0.05, 0) is 49.4 Å². The lowest BCUT2D eigenvalue weighted by molar-refractivity contribution is 0.594. The minimum absolute atomic E-state index is 0.884. The predicted molar refractivity (Wildman–Crippen MR) is 69.9 cm³/mol. The molecule has 0 aromatic heterocycles. The maximum Gasteiger partial charge on any atom is 0.0453 e. The summed E-state index contributed by atoms with van der Waals surface area (Å²) in [6.45, 7) is 4.07. The topological polar surface area (TPSA) is 12.0 Å². The number of nitrogens with one attached hydrogen (secondary N) is 1. The minimum atomic E-state index is 0.884. The average molecular weight is 238 g/mol. The number of aryl methyl sites for hydroxylation is 1. The van der Waals surface area contributed by atoms with Gasteiger partial charge in [0.15, 0.2) is 0 Å². The second-order valence-electron chi connectivity index (χ2n) is 4.86. The van der Waals surface area contributed by atoms with E-state index >= 15 is 0 Å². The highest BCUT2D eigenvalue weighted by Gasteiger charge is 2.19. The van der Waals surface area contributed by atoms with Gasteiger partial charge >= 0.3 is 0 Å². The van der Waals surface area contributed by atoms with Gasteiger partial charge in [-0.1, -0.05) is 36.6 Å². The predicted octanol–water partition coefficient (Wildman–Crippen LogP) is 3.93. The highest BCUT2D eigenvalue weighted by molar-refractivity contribution is 6.31. The third-order valence-corrected chi connectivity index (χ3v) is 3.54. The molecule has 2 rings (SSSR count). The number of rotatable bonds is 6. The largest absolute Gasteiger partial charge is 0.313 e. The van der Waals surface area contributed by atoms with Crippen molar-refractivity contribution in [2.75, 3.05) is 6.54 Å². The van der Waals surface area contributed by atoms with Gasteiger partial charge in [0.05, 0.1) is 0 Å². The molecule has 1 aliphatic carbocycles. The van der Waals surface area contributed by atoms with Crippen LogP contribution < -0.4 is 5.32 Å². The zero-order valence-corrected chi connectivity index (χ0v) is 10.7. The summed E-state index contributed by atoms with van der Waals surface area (Å²) in [5.41, 5.74) is 2.43. The Morgan fingerprint density at radius 3 is 2.88 bits per heavy atom. The molecule has 2 heteroatoms. The number of hydrogen-bond donors (Lipinski definition) is 1. The van der Waals surface area contributed by atoms with Crippen LogP contribution in [0.2, 0.25) is 5.02 Å². The quantitative estimate of drug-likeness (QED) is 0.740. The van der Waals surface area contributed by atoms with Crippen LogP contribution in [0.4, 0.5) is 0 Å². The van der Waals surface area contributed by atoms with Crippen molar-refractivity contribution in [3.8, 4) is 0 Å². The molecule has 1 fully saturated rings. The molecule has 0 unspecified atom stereocenters. The third-order valence-electron chi connectivity index (χ3n) is 3.19. The van der Waals surface area contributed by atoms with Crippen molar-refractivity contribution in [1.29, 1.82) is 0 Å². The Kier molecular flexibility index (Phi) is 4.25. The lowest BCUT2D eigenvalue weighted by atomic mass is 10.1.